The van der Waals surface area contributed by atoms with Crippen LogP contribution in [0.25, 0.3) is 0 Å². The summed E-state index contributed by atoms with van der Waals surface area (Å²) in [6, 6.07) is 7.02. The number of hydrogen-bond donors (Lipinski definition) is 1. The lowest BCUT2D eigenvalue weighted by Crippen LogP contribution is -2.28. The summed E-state index contributed by atoms with van der Waals surface area (Å²) in [5.41, 5.74) is 1.26. The Hall–Kier alpha value is -1.22. The van der Waals surface area contributed by atoms with Crippen LogP contribution in [-0.2, 0) is 0 Å². The smallest absolute Gasteiger partial charge is 0.161 e. The third-order valence-electron chi connectivity index (χ3n) is 3.19. The first-order valence-corrected chi connectivity index (χ1v) is 7.10. The molecular formula is C16H27NO2. The average Bonchev–Trinajstić information content (AvgIpc) is 2.42. The van der Waals surface area contributed by atoms with Gasteiger partial charge in [0, 0.05) is 12.1 Å². The highest BCUT2D eigenvalue weighted by molar-refractivity contribution is 5.43. The molecule has 3 heteroatoms. The fourth-order valence-corrected chi connectivity index (χ4v) is 2.23. The highest BCUT2D eigenvalue weighted by Crippen LogP contribution is 2.31. The lowest BCUT2D eigenvalue weighted by molar-refractivity contribution is 0.353. The SMILES string of the molecule is CCCCC(NC(C)C)c1ccc(OC)c(OC)c1. The molecule has 0 spiro atoms. The molecule has 0 aliphatic rings. The first kappa shape index (κ1) is 15.8. The highest BCUT2D eigenvalue weighted by atomic mass is 16.5. The maximum atomic E-state index is 5.38. The third kappa shape index (κ3) is 4.75. The molecule has 1 aromatic rings. The molecule has 0 aliphatic heterocycles. The molecule has 108 valence electrons. The molecule has 19 heavy (non-hydrogen) atoms. The Kier molecular flexibility index (Phi) is 6.71. The van der Waals surface area contributed by atoms with Crippen molar-refractivity contribution in [2.75, 3.05) is 14.2 Å². The van der Waals surface area contributed by atoms with Crippen LogP contribution in [0.3, 0.4) is 0 Å². The average molecular weight is 265 g/mol. The van der Waals surface area contributed by atoms with Gasteiger partial charge in [0.1, 0.15) is 0 Å². The monoisotopic (exact) mass is 265 g/mol. The Morgan fingerprint density at radius 3 is 2.32 bits per heavy atom. The van der Waals surface area contributed by atoms with Crippen LogP contribution in [0.2, 0.25) is 0 Å². The summed E-state index contributed by atoms with van der Waals surface area (Å²) in [5, 5.41) is 3.62. The molecule has 1 unspecified atom stereocenters. The van der Waals surface area contributed by atoms with Gasteiger partial charge >= 0.3 is 0 Å². The number of nitrogens with one attached hydrogen (secondary N) is 1. The van der Waals surface area contributed by atoms with Gasteiger partial charge in [-0.2, -0.15) is 0 Å². The van der Waals surface area contributed by atoms with Crippen molar-refractivity contribution in [3.63, 3.8) is 0 Å². The van der Waals surface area contributed by atoms with Crippen LogP contribution in [0.1, 0.15) is 51.6 Å². The molecule has 0 radical (unpaired) electrons. The van der Waals surface area contributed by atoms with E-state index >= 15 is 0 Å². The van der Waals surface area contributed by atoms with Crippen molar-refractivity contribution in [1.82, 2.24) is 5.32 Å². The number of methoxy groups -OCH3 is 2. The van der Waals surface area contributed by atoms with Crippen molar-refractivity contribution < 1.29 is 9.47 Å². The van der Waals surface area contributed by atoms with Gasteiger partial charge in [-0.1, -0.05) is 39.7 Å². The lowest BCUT2D eigenvalue weighted by Gasteiger charge is -2.22. The second-order valence-corrected chi connectivity index (χ2v) is 5.13. The number of ether oxygens (including phenoxy) is 2. The quantitative estimate of drug-likeness (QED) is 0.772. The molecule has 0 aliphatic carbocycles. The Labute approximate surface area is 117 Å². The first-order valence-electron chi connectivity index (χ1n) is 7.10. The number of hydrogen-bond acceptors (Lipinski definition) is 3. The van der Waals surface area contributed by atoms with Gasteiger partial charge in [-0.3, -0.25) is 0 Å². The standard InChI is InChI=1S/C16H27NO2/c1-6-7-8-14(17-12(2)3)13-9-10-15(18-4)16(11-13)19-5/h9-12,14,17H,6-8H2,1-5H3. The predicted octanol–water partition coefficient (Wildman–Crippen LogP) is 3.93. The largest absolute Gasteiger partial charge is 0.493 e. The molecule has 0 bridgehead atoms. The number of benzene rings is 1. The second kappa shape index (κ2) is 8.05. The van der Waals surface area contributed by atoms with E-state index in [-0.39, 0.29) is 0 Å². The number of unbranched alkanes of at least 4 members (excludes halogenated alkanes) is 1. The third-order valence-corrected chi connectivity index (χ3v) is 3.19. The minimum Gasteiger partial charge on any atom is -0.493 e. The summed E-state index contributed by atoms with van der Waals surface area (Å²) < 4.78 is 10.7. The molecule has 0 amide bonds. The summed E-state index contributed by atoms with van der Waals surface area (Å²) in [6.07, 6.45) is 3.58. The fraction of sp³-hybridized carbons (Fsp3) is 0.625. The lowest BCUT2D eigenvalue weighted by atomic mass is 10.00. The molecule has 1 rings (SSSR count). The number of rotatable bonds is 8. The summed E-state index contributed by atoms with van der Waals surface area (Å²) in [7, 11) is 3.34. The van der Waals surface area contributed by atoms with Crippen molar-refractivity contribution in [3.8, 4) is 11.5 Å². The molecule has 1 N–H and O–H groups in total. The Bertz CT molecular complexity index is 377. The molecule has 0 saturated heterocycles. The van der Waals surface area contributed by atoms with Crippen molar-refractivity contribution in [3.05, 3.63) is 23.8 Å². The summed E-state index contributed by atoms with van der Waals surface area (Å²) >= 11 is 0. The Balaban J connectivity index is 2.93. The van der Waals surface area contributed by atoms with Crippen LogP contribution in [0, 0.1) is 0 Å². The van der Waals surface area contributed by atoms with Crippen LogP contribution in [0.15, 0.2) is 18.2 Å². The van der Waals surface area contributed by atoms with Crippen molar-refractivity contribution in [1.29, 1.82) is 0 Å². The summed E-state index contributed by atoms with van der Waals surface area (Å²) in [6.45, 7) is 6.58. The van der Waals surface area contributed by atoms with E-state index in [1.807, 2.05) is 6.07 Å². The van der Waals surface area contributed by atoms with Crippen LogP contribution in [0.4, 0.5) is 0 Å². The fourth-order valence-electron chi connectivity index (χ4n) is 2.23. The minimum absolute atomic E-state index is 0.375. The van der Waals surface area contributed by atoms with Crippen molar-refractivity contribution in [2.24, 2.45) is 0 Å². The first-order chi connectivity index (χ1) is 9.12. The van der Waals surface area contributed by atoms with E-state index in [4.69, 9.17) is 9.47 Å². The molecule has 0 heterocycles. The van der Waals surface area contributed by atoms with Gasteiger partial charge in [-0.25, -0.2) is 0 Å². The van der Waals surface area contributed by atoms with Crippen molar-refractivity contribution >= 4 is 0 Å². The van der Waals surface area contributed by atoms with Crippen LogP contribution in [0.5, 0.6) is 11.5 Å². The van der Waals surface area contributed by atoms with Gasteiger partial charge in [0.05, 0.1) is 14.2 Å². The van der Waals surface area contributed by atoms with E-state index in [0.717, 1.165) is 17.9 Å². The van der Waals surface area contributed by atoms with Crippen LogP contribution in [-0.4, -0.2) is 20.3 Å². The molecule has 0 aromatic heterocycles. The molecule has 1 aromatic carbocycles. The Morgan fingerprint density at radius 1 is 1.11 bits per heavy atom. The van der Waals surface area contributed by atoms with Gasteiger partial charge < -0.3 is 14.8 Å². The predicted molar refractivity (Wildman–Crippen MR) is 80.1 cm³/mol. The normalized spacial score (nSPS) is 12.5. The van der Waals surface area contributed by atoms with Crippen LogP contribution >= 0.6 is 0 Å². The van der Waals surface area contributed by atoms with E-state index in [9.17, 15) is 0 Å². The Morgan fingerprint density at radius 2 is 1.79 bits per heavy atom. The molecular weight excluding hydrogens is 238 g/mol. The van der Waals surface area contributed by atoms with Gasteiger partial charge in [0.25, 0.3) is 0 Å². The maximum Gasteiger partial charge on any atom is 0.161 e. The molecule has 0 saturated carbocycles. The van der Waals surface area contributed by atoms with Gasteiger partial charge in [0.15, 0.2) is 11.5 Å². The van der Waals surface area contributed by atoms with Gasteiger partial charge in [-0.05, 0) is 24.1 Å². The molecule has 0 fully saturated rings. The van der Waals surface area contributed by atoms with Crippen molar-refractivity contribution in [2.45, 2.75) is 52.1 Å². The minimum atomic E-state index is 0.375. The highest BCUT2D eigenvalue weighted by Gasteiger charge is 2.14. The van der Waals surface area contributed by atoms with E-state index in [0.29, 0.717) is 12.1 Å². The topological polar surface area (TPSA) is 30.5 Å². The maximum absolute atomic E-state index is 5.38. The van der Waals surface area contributed by atoms with Gasteiger partial charge in [0.2, 0.25) is 0 Å². The summed E-state index contributed by atoms with van der Waals surface area (Å²) in [5.74, 6) is 1.58. The zero-order chi connectivity index (χ0) is 14.3. The van der Waals surface area contributed by atoms with E-state index < -0.39 is 0 Å². The summed E-state index contributed by atoms with van der Waals surface area (Å²) in [4.78, 5) is 0. The molecule has 1 atom stereocenters. The van der Waals surface area contributed by atoms with E-state index in [1.54, 1.807) is 14.2 Å². The zero-order valence-electron chi connectivity index (χ0n) is 12.8. The zero-order valence-corrected chi connectivity index (χ0v) is 12.8. The van der Waals surface area contributed by atoms with Crippen LogP contribution < -0.4 is 14.8 Å². The van der Waals surface area contributed by atoms with E-state index in [1.165, 1.54) is 18.4 Å². The van der Waals surface area contributed by atoms with E-state index in [2.05, 4.69) is 38.2 Å². The molecule has 3 nitrogen and oxygen atoms in total. The van der Waals surface area contributed by atoms with Gasteiger partial charge in [-0.15, -0.1) is 0 Å². The second-order valence-electron chi connectivity index (χ2n) is 5.13.